The second-order valence-electron chi connectivity index (χ2n) is 15.6. The van der Waals surface area contributed by atoms with Gasteiger partial charge in [-0.2, -0.15) is 0 Å². The molecule has 0 radical (unpaired) electrons. The number of allylic oxidation sites excluding steroid dienone is 2. The predicted molar refractivity (Wildman–Crippen MR) is 160 cm³/mol. The van der Waals surface area contributed by atoms with Gasteiger partial charge in [0.15, 0.2) is 0 Å². The van der Waals surface area contributed by atoms with Crippen molar-refractivity contribution in [3.63, 3.8) is 0 Å². The first-order valence-electron chi connectivity index (χ1n) is 15.7. The maximum Gasteiger partial charge on any atom is 0.338 e. The molecule has 5 nitrogen and oxygen atoms in total. The molecular formula is C35H52N2O3. The lowest BCUT2D eigenvalue weighted by molar-refractivity contribution is -0.119. The standard InChI is InChI=1S/C35H52N2O3/c1-23(36(5)6)29-25(40-30(39)24-12-10-9-11-13-24)20-33(4)27-15-14-26-31(2,22-38)28(37(7)8)16-17-34(26)21-35(27,34)19-18-32(29,33)3/h9-15,23,25-29,38H,16-22H2,1-8H3. The zero-order valence-electron chi connectivity index (χ0n) is 26.1. The van der Waals surface area contributed by atoms with E-state index in [0.29, 0.717) is 40.3 Å². The van der Waals surface area contributed by atoms with Crippen LogP contribution in [0.2, 0.25) is 0 Å². The molecule has 11 unspecified atom stereocenters. The van der Waals surface area contributed by atoms with Crippen molar-refractivity contribution < 1.29 is 14.6 Å². The van der Waals surface area contributed by atoms with E-state index >= 15 is 0 Å². The number of rotatable bonds is 6. The number of hydrogen-bond donors (Lipinski definition) is 1. The average Bonchev–Trinajstić information content (AvgIpc) is 3.52. The lowest BCUT2D eigenvalue weighted by Crippen LogP contribution is -2.60. The molecule has 4 saturated carbocycles. The summed E-state index contributed by atoms with van der Waals surface area (Å²) in [4.78, 5) is 18.1. The van der Waals surface area contributed by atoms with Crippen molar-refractivity contribution in [1.82, 2.24) is 9.80 Å². The first-order chi connectivity index (χ1) is 18.8. The van der Waals surface area contributed by atoms with Crippen molar-refractivity contribution in [2.75, 3.05) is 34.8 Å². The Morgan fingerprint density at radius 1 is 0.975 bits per heavy atom. The van der Waals surface area contributed by atoms with Crippen molar-refractivity contribution in [3.8, 4) is 0 Å². The van der Waals surface area contributed by atoms with Gasteiger partial charge in [-0.15, -0.1) is 0 Å². The topological polar surface area (TPSA) is 53.0 Å². The van der Waals surface area contributed by atoms with Crippen LogP contribution in [0.4, 0.5) is 0 Å². The molecule has 0 bridgehead atoms. The minimum atomic E-state index is -0.190. The SMILES string of the molecule is CC(C1C(OC(=O)c2ccccc2)CC2(C)C3C=CC4C(C)(CO)C(N(C)C)CCC45CC35CCC12C)N(C)C. The monoisotopic (exact) mass is 548 g/mol. The van der Waals surface area contributed by atoms with Crippen LogP contribution in [0.25, 0.3) is 0 Å². The summed E-state index contributed by atoms with van der Waals surface area (Å²) in [7, 11) is 8.71. The van der Waals surface area contributed by atoms with Crippen LogP contribution < -0.4 is 0 Å². The molecule has 5 heteroatoms. The van der Waals surface area contributed by atoms with Crippen molar-refractivity contribution in [2.24, 2.45) is 44.8 Å². The average molecular weight is 549 g/mol. The van der Waals surface area contributed by atoms with Gasteiger partial charge in [-0.1, -0.05) is 51.1 Å². The van der Waals surface area contributed by atoms with Crippen molar-refractivity contribution in [1.29, 1.82) is 0 Å². The number of benzene rings is 1. The first-order valence-corrected chi connectivity index (χ1v) is 15.7. The maximum atomic E-state index is 13.4. The quantitative estimate of drug-likeness (QED) is 0.355. The molecule has 220 valence electrons. The second kappa shape index (κ2) is 9.15. The van der Waals surface area contributed by atoms with Gasteiger partial charge in [0.1, 0.15) is 6.10 Å². The lowest BCUT2D eigenvalue weighted by Gasteiger charge is -2.62. The Bertz CT molecular complexity index is 1180. The van der Waals surface area contributed by atoms with E-state index in [0.717, 1.165) is 12.8 Å². The van der Waals surface area contributed by atoms with Gasteiger partial charge >= 0.3 is 5.97 Å². The number of carbonyl (C=O) groups excluding carboxylic acids is 1. The summed E-state index contributed by atoms with van der Waals surface area (Å²) < 4.78 is 6.50. The molecule has 6 rings (SSSR count). The Morgan fingerprint density at radius 3 is 2.25 bits per heavy atom. The summed E-state index contributed by atoms with van der Waals surface area (Å²) in [5.74, 6) is 0.974. The molecule has 0 aliphatic heterocycles. The van der Waals surface area contributed by atoms with Crippen molar-refractivity contribution in [2.45, 2.75) is 84.4 Å². The van der Waals surface area contributed by atoms with Gasteiger partial charge in [0.05, 0.1) is 12.2 Å². The number of aliphatic hydroxyl groups excluding tert-OH is 1. The summed E-state index contributed by atoms with van der Waals surface area (Å²) in [5.41, 5.74) is 1.22. The number of aliphatic hydroxyl groups is 1. The Balaban J connectivity index is 1.39. The zero-order valence-corrected chi connectivity index (χ0v) is 26.1. The molecule has 0 saturated heterocycles. The highest BCUT2D eigenvalue weighted by atomic mass is 16.5. The molecule has 5 aliphatic rings. The summed E-state index contributed by atoms with van der Waals surface area (Å²) >= 11 is 0. The number of fused-ring (bicyclic) bond motifs is 2. The Morgan fingerprint density at radius 2 is 1.62 bits per heavy atom. The van der Waals surface area contributed by atoms with Gasteiger partial charge in [0, 0.05) is 23.4 Å². The van der Waals surface area contributed by atoms with Gasteiger partial charge < -0.3 is 19.6 Å². The molecule has 1 aromatic carbocycles. The molecule has 2 spiro atoms. The van der Waals surface area contributed by atoms with E-state index in [1.165, 1.54) is 25.7 Å². The molecule has 5 aliphatic carbocycles. The van der Waals surface area contributed by atoms with Gasteiger partial charge in [0.25, 0.3) is 0 Å². The minimum absolute atomic E-state index is 0.0425. The largest absolute Gasteiger partial charge is 0.458 e. The fourth-order valence-electron chi connectivity index (χ4n) is 11.6. The van der Waals surface area contributed by atoms with Crippen molar-refractivity contribution >= 4 is 5.97 Å². The normalized spacial score (nSPS) is 47.7. The zero-order chi connectivity index (χ0) is 28.9. The highest BCUT2D eigenvalue weighted by Crippen LogP contribution is 2.87. The number of nitrogens with zero attached hydrogens (tertiary/aromatic N) is 2. The first kappa shape index (κ1) is 28.4. The van der Waals surface area contributed by atoms with E-state index in [9.17, 15) is 9.90 Å². The lowest BCUT2D eigenvalue weighted by atomic mass is 9.43. The van der Waals surface area contributed by atoms with E-state index in [1.807, 2.05) is 30.3 Å². The highest BCUT2D eigenvalue weighted by molar-refractivity contribution is 5.89. The van der Waals surface area contributed by atoms with E-state index < -0.39 is 0 Å². The maximum absolute atomic E-state index is 13.4. The summed E-state index contributed by atoms with van der Waals surface area (Å²) in [6.07, 6.45) is 12.1. The fourth-order valence-corrected chi connectivity index (χ4v) is 11.6. The molecule has 0 heterocycles. The van der Waals surface area contributed by atoms with Gasteiger partial charge in [0.2, 0.25) is 0 Å². The van der Waals surface area contributed by atoms with Crippen LogP contribution in [-0.4, -0.2) is 73.9 Å². The third-order valence-electron chi connectivity index (χ3n) is 13.9. The summed E-state index contributed by atoms with van der Waals surface area (Å²) in [5, 5.41) is 10.8. The van der Waals surface area contributed by atoms with Crippen LogP contribution in [0.15, 0.2) is 42.5 Å². The Hall–Kier alpha value is -1.69. The third-order valence-corrected chi connectivity index (χ3v) is 13.9. The molecule has 0 amide bonds. The van der Waals surface area contributed by atoms with Crippen LogP contribution in [0.5, 0.6) is 0 Å². The molecule has 40 heavy (non-hydrogen) atoms. The smallest absolute Gasteiger partial charge is 0.338 e. The van der Waals surface area contributed by atoms with Crippen LogP contribution in [0.1, 0.15) is 76.6 Å². The molecule has 0 aromatic heterocycles. The predicted octanol–water partition coefficient (Wildman–Crippen LogP) is 5.89. The van der Waals surface area contributed by atoms with E-state index in [1.54, 1.807) is 0 Å². The number of ether oxygens (including phenoxy) is 1. The van der Waals surface area contributed by atoms with E-state index in [4.69, 9.17) is 4.74 Å². The highest BCUT2D eigenvalue weighted by Gasteiger charge is 2.82. The number of carbonyl (C=O) groups is 1. The number of esters is 1. The van der Waals surface area contributed by atoms with Gasteiger partial charge in [-0.3, -0.25) is 0 Å². The summed E-state index contributed by atoms with van der Waals surface area (Å²) in [6.45, 7) is 9.98. The van der Waals surface area contributed by atoms with Crippen LogP contribution >= 0.6 is 0 Å². The number of hydrogen-bond acceptors (Lipinski definition) is 5. The molecular weight excluding hydrogens is 496 g/mol. The molecule has 4 fully saturated rings. The molecule has 11 atom stereocenters. The van der Waals surface area contributed by atoms with Crippen LogP contribution in [-0.2, 0) is 4.74 Å². The van der Waals surface area contributed by atoms with Gasteiger partial charge in [-0.25, -0.2) is 4.79 Å². The second-order valence-corrected chi connectivity index (χ2v) is 15.6. The van der Waals surface area contributed by atoms with Crippen molar-refractivity contribution in [3.05, 3.63) is 48.0 Å². The van der Waals surface area contributed by atoms with Crippen LogP contribution in [0, 0.1) is 44.8 Å². The summed E-state index contributed by atoms with van der Waals surface area (Å²) in [6, 6.07) is 10.2. The van der Waals surface area contributed by atoms with E-state index in [-0.39, 0.29) is 40.8 Å². The Labute approximate surface area is 242 Å². The van der Waals surface area contributed by atoms with Gasteiger partial charge in [-0.05, 0) is 119 Å². The Kier molecular flexibility index (Phi) is 6.51. The van der Waals surface area contributed by atoms with Crippen LogP contribution in [0.3, 0.4) is 0 Å². The molecule has 1 aromatic rings. The third kappa shape index (κ3) is 3.46. The fraction of sp³-hybridized carbons (Fsp3) is 0.743. The molecule has 1 N–H and O–H groups in total. The van der Waals surface area contributed by atoms with E-state index in [2.05, 4.69) is 77.8 Å². The minimum Gasteiger partial charge on any atom is -0.458 e.